The van der Waals surface area contributed by atoms with Crippen LogP contribution in [0.15, 0.2) is 0 Å². The molecule has 1 heterocycles. The molecule has 0 radical (unpaired) electrons. The van der Waals surface area contributed by atoms with Crippen molar-refractivity contribution in [2.24, 2.45) is 0 Å². The van der Waals surface area contributed by atoms with E-state index in [1.807, 2.05) is 7.05 Å². The van der Waals surface area contributed by atoms with E-state index >= 15 is 0 Å². The van der Waals surface area contributed by atoms with Gasteiger partial charge in [-0.25, -0.2) is 9.59 Å². The number of nitrogens with zero attached hydrogens (tertiary/aromatic N) is 2. The smallest absolute Gasteiger partial charge is 0.329 e. The minimum Gasteiger partial charge on any atom is -0.480 e. The van der Waals surface area contributed by atoms with Gasteiger partial charge in [0.15, 0.2) is 0 Å². The second-order valence-corrected chi connectivity index (χ2v) is 5.72. The maximum absolute atomic E-state index is 12.2. The summed E-state index contributed by atoms with van der Waals surface area (Å²) in [6.45, 7) is 4.75. The molecule has 0 aromatic carbocycles. The van der Waals surface area contributed by atoms with E-state index in [1.54, 1.807) is 14.0 Å². The average molecular weight is 301 g/mol. The number of carbonyl (C=O) groups excluding carboxylic acids is 1. The summed E-state index contributed by atoms with van der Waals surface area (Å²) in [6, 6.07) is -0.292. The molecule has 1 unspecified atom stereocenters. The van der Waals surface area contributed by atoms with E-state index in [4.69, 9.17) is 4.74 Å². The Labute approximate surface area is 126 Å². The van der Waals surface area contributed by atoms with Crippen molar-refractivity contribution < 1.29 is 19.4 Å². The molecule has 2 amide bonds. The number of piperidine rings is 1. The first-order valence-corrected chi connectivity index (χ1v) is 7.38. The first-order chi connectivity index (χ1) is 9.91. The zero-order valence-corrected chi connectivity index (χ0v) is 13.2. The van der Waals surface area contributed by atoms with Crippen molar-refractivity contribution in [3.05, 3.63) is 0 Å². The number of methoxy groups -OCH3 is 1. The lowest BCUT2D eigenvalue weighted by Gasteiger charge is -2.41. The zero-order valence-electron chi connectivity index (χ0n) is 13.2. The van der Waals surface area contributed by atoms with Crippen LogP contribution in [0.4, 0.5) is 4.79 Å². The van der Waals surface area contributed by atoms with Gasteiger partial charge in [0.2, 0.25) is 0 Å². The number of urea groups is 1. The molecule has 0 aromatic heterocycles. The highest BCUT2D eigenvalue weighted by atomic mass is 16.5. The number of hydrogen-bond donors (Lipinski definition) is 2. The molecule has 1 saturated heterocycles. The van der Waals surface area contributed by atoms with Gasteiger partial charge in [0.05, 0.1) is 6.61 Å². The van der Waals surface area contributed by atoms with Crippen LogP contribution in [0.25, 0.3) is 0 Å². The first-order valence-electron chi connectivity index (χ1n) is 7.38. The molecule has 0 spiro atoms. The maximum atomic E-state index is 12.2. The molecule has 2 N–H and O–H groups in total. The Morgan fingerprint density at radius 2 is 2.10 bits per heavy atom. The van der Waals surface area contributed by atoms with Gasteiger partial charge in [0.1, 0.15) is 5.54 Å². The third kappa shape index (κ3) is 4.86. The number of ether oxygens (including phenoxy) is 1. The number of carbonyl (C=O) groups is 2. The van der Waals surface area contributed by atoms with Gasteiger partial charge in [-0.15, -0.1) is 0 Å². The second kappa shape index (κ2) is 8.19. The molecule has 0 aliphatic carbocycles. The van der Waals surface area contributed by atoms with Gasteiger partial charge in [0.25, 0.3) is 0 Å². The summed E-state index contributed by atoms with van der Waals surface area (Å²) in [7, 11) is 3.60. The number of amides is 2. The molecule has 0 aromatic rings. The zero-order chi connectivity index (χ0) is 15.9. The van der Waals surface area contributed by atoms with E-state index < -0.39 is 11.5 Å². The van der Waals surface area contributed by atoms with Crippen molar-refractivity contribution in [3.63, 3.8) is 0 Å². The number of hydrogen-bond acceptors (Lipinski definition) is 4. The van der Waals surface area contributed by atoms with Crippen LogP contribution in [0.5, 0.6) is 0 Å². The minimum absolute atomic E-state index is 0.292. The third-order valence-corrected chi connectivity index (χ3v) is 4.04. The molecule has 1 aliphatic heterocycles. The highest BCUT2D eigenvalue weighted by molar-refractivity contribution is 5.86. The van der Waals surface area contributed by atoms with Crippen LogP contribution < -0.4 is 5.32 Å². The topological polar surface area (TPSA) is 82.1 Å². The lowest BCUT2D eigenvalue weighted by molar-refractivity contribution is -0.150. The third-order valence-electron chi connectivity index (χ3n) is 4.04. The largest absolute Gasteiger partial charge is 0.480 e. The molecular formula is C14H27N3O4. The van der Waals surface area contributed by atoms with Gasteiger partial charge < -0.3 is 25.0 Å². The quantitative estimate of drug-likeness (QED) is 0.720. The summed E-state index contributed by atoms with van der Waals surface area (Å²) < 4.78 is 4.99. The molecule has 122 valence electrons. The van der Waals surface area contributed by atoms with Crippen LogP contribution in [-0.4, -0.2) is 79.4 Å². The number of carboxylic acids is 1. The SMILES string of the molecule is COCCN(C)CCNC(=O)N1CCCCC1(C)C(=O)O. The van der Waals surface area contributed by atoms with E-state index in [0.29, 0.717) is 32.7 Å². The van der Waals surface area contributed by atoms with E-state index in [9.17, 15) is 14.7 Å². The van der Waals surface area contributed by atoms with Crippen LogP contribution in [0.3, 0.4) is 0 Å². The van der Waals surface area contributed by atoms with Crippen molar-refractivity contribution >= 4 is 12.0 Å². The molecule has 7 heteroatoms. The van der Waals surface area contributed by atoms with Crippen LogP contribution in [0.1, 0.15) is 26.2 Å². The Bertz CT molecular complexity index is 364. The lowest BCUT2D eigenvalue weighted by Crippen LogP contribution is -2.60. The number of carboxylic acid groups (broad SMARTS) is 1. The molecular weight excluding hydrogens is 274 g/mol. The van der Waals surface area contributed by atoms with Gasteiger partial charge in [-0.05, 0) is 33.2 Å². The summed E-state index contributed by atoms with van der Waals surface area (Å²) in [5, 5.41) is 12.2. The van der Waals surface area contributed by atoms with Crippen LogP contribution in [0.2, 0.25) is 0 Å². The molecule has 1 fully saturated rings. The predicted molar refractivity (Wildman–Crippen MR) is 79.4 cm³/mol. The van der Waals surface area contributed by atoms with Gasteiger partial charge in [-0.1, -0.05) is 0 Å². The maximum Gasteiger partial charge on any atom is 0.329 e. The van der Waals surface area contributed by atoms with E-state index in [-0.39, 0.29) is 6.03 Å². The van der Waals surface area contributed by atoms with Crippen molar-refractivity contribution in [1.29, 1.82) is 0 Å². The highest BCUT2D eigenvalue weighted by Crippen LogP contribution is 2.28. The lowest BCUT2D eigenvalue weighted by atomic mass is 9.89. The van der Waals surface area contributed by atoms with E-state index in [1.165, 1.54) is 4.90 Å². The Balaban J connectivity index is 2.44. The second-order valence-electron chi connectivity index (χ2n) is 5.72. The van der Waals surface area contributed by atoms with Crippen molar-refractivity contribution in [3.8, 4) is 0 Å². The number of rotatable bonds is 7. The molecule has 7 nitrogen and oxygen atoms in total. The van der Waals surface area contributed by atoms with Crippen molar-refractivity contribution in [2.75, 3.05) is 46.9 Å². The fourth-order valence-corrected chi connectivity index (χ4v) is 2.48. The summed E-state index contributed by atoms with van der Waals surface area (Å²) in [6.07, 6.45) is 2.19. The minimum atomic E-state index is -1.09. The van der Waals surface area contributed by atoms with Crippen molar-refractivity contribution in [2.45, 2.75) is 31.7 Å². The summed E-state index contributed by atoms with van der Waals surface area (Å²) >= 11 is 0. The molecule has 0 saturated carbocycles. The summed E-state index contributed by atoms with van der Waals surface area (Å²) in [5.41, 5.74) is -1.09. The average Bonchev–Trinajstić information content (AvgIpc) is 2.45. The fraction of sp³-hybridized carbons (Fsp3) is 0.857. The van der Waals surface area contributed by atoms with Crippen molar-refractivity contribution in [1.82, 2.24) is 15.1 Å². The van der Waals surface area contributed by atoms with Crippen LogP contribution >= 0.6 is 0 Å². The monoisotopic (exact) mass is 301 g/mol. The number of likely N-dealkylation sites (N-methyl/N-ethyl adjacent to an activating group) is 1. The molecule has 1 aliphatic rings. The summed E-state index contributed by atoms with van der Waals surface area (Å²) in [5.74, 6) is -0.936. The number of likely N-dealkylation sites (tertiary alicyclic amines) is 1. The van der Waals surface area contributed by atoms with Gasteiger partial charge in [-0.2, -0.15) is 0 Å². The standard InChI is InChI=1S/C14H27N3O4/c1-14(12(18)19)6-4-5-8-17(14)13(20)15-7-9-16(2)10-11-21-3/h4-11H2,1-3H3,(H,15,20)(H,18,19). The van der Waals surface area contributed by atoms with Gasteiger partial charge >= 0.3 is 12.0 Å². The molecule has 1 rings (SSSR count). The van der Waals surface area contributed by atoms with Crippen LogP contribution in [-0.2, 0) is 9.53 Å². The first kappa shape index (κ1) is 17.7. The normalized spacial score (nSPS) is 22.4. The van der Waals surface area contributed by atoms with Gasteiger partial charge in [-0.3, -0.25) is 0 Å². The van der Waals surface area contributed by atoms with E-state index in [0.717, 1.165) is 19.4 Å². The van der Waals surface area contributed by atoms with Crippen LogP contribution in [0, 0.1) is 0 Å². The highest BCUT2D eigenvalue weighted by Gasteiger charge is 2.43. The molecule has 1 atom stereocenters. The summed E-state index contributed by atoms with van der Waals surface area (Å²) in [4.78, 5) is 27.2. The fourth-order valence-electron chi connectivity index (χ4n) is 2.48. The Kier molecular flexibility index (Phi) is 6.91. The van der Waals surface area contributed by atoms with Gasteiger partial charge in [0, 0.05) is 33.3 Å². The number of nitrogens with one attached hydrogen (secondary N) is 1. The molecule has 0 bridgehead atoms. The number of aliphatic carboxylic acids is 1. The Morgan fingerprint density at radius 1 is 1.38 bits per heavy atom. The Hall–Kier alpha value is -1.34. The Morgan fingerprint density at radius 3 is 2.71 bits per heavy atom. The van der Waals surface area contributed by atoms with E-state index in [2.05, 4.69) is 10.2 Å². The molecule has 21 heavy (non-hydrogen) atoms. The predicted octanol–water partition coefficient (Wildman–Crippen LogP) is 0.603.